The Morgan fingerprint density at radius 3 is 2.30 bits per heavy atom. The number of carbonyl (C=O) groups is 1. The van der Waals surface area contributed by atoms with E-state index in [1.165, 1.54) is 12.1 Å². The average molecular weight is 317 g/mol. The van der Waals surface area contributed by atoms with Crippen LogP contribution in [0.1, 0.15) is 25.5 Å². The van der Waals surface area contributed by atoms with Crippen LogP contribution < -0.4 is 14.8 Å². The van der Waals surface area contributed by atoms with Crippen molar-refractivity contribution in [3.05, 3.63) is 59.9 Å². The smallest absolute Gasteiger partial charge is 0.258 e. The lowest BCUT2D eigenvalue weighted by molar-refractivity contribution is -0.123. The summed E-state index contributed by atoms with van der Waals surface area (Å²) in [6, 6.07) is 13.0. The number of amides is 1. The van der Waals surface area contributed by atoms with Crippen LogP contribution in [-0.4, -0.2) is 19.1 Å². The number of para-hydroxylation sites is 2. The van der Waals surface area contributed by atoms with Gasteiger partial charge in [-0.2, -0.15) is 0 Å². The van der Waals surface area contributed by atoms with Crippen LogP contribution in [0.3, 0.4) is 0 Å². The molecule has 0 spiro atoms. The van der Waals surface area contributed by atoms with E-state index in [9.17, 15) is 9.18 Å². The molecule has 0 saturated heterocycles. The highest BCUT2D eigenvalue weighted by molar-refractivity contribution is 5.78. The predicted octanol–water partition coefficient (Wildman–Crippen LogP) is 3.48. The predicted molar refractivity (Wildman–Crippen MR) is 86.1 cm³/mol. The third-order valence-electron chi connectivity index (χ3n) is 3.26. The lowest BCUT2D eigenvalue weighted by Gasteiger charge is -2.15. The fraction of sp³-hybridized carbons (Fsp3) is 0.278. The van der Waals surface area contributed by atoms with E-state index >= 15 is 0 Å². The van der Waals surface area contributed by atoms with Crippen LogP contribution in [0, 0.1) is 5.82 Å². The van der Waals surface area contributed by atoms with E-state index in [1.807, 2.05) is 26.0 Å². The summed E-state index contributed by atoms with van der Waals surface area (Å²) in [6.07, 6.45) is 0. The number of benzene rings is 2. The Hall–Kier alpha value is -2.56. The van der Waals surface area contributed by atoms with Gasteiger partial charge in [-0.05, 0) is 43.7 Å². The van der Waals surface area contributed by atoms with Crippen LogP contribution in [0.2, 0.25) is 0 Å². The van der Waals surface area contributed by atoms with Gasteiger partial charge in [0.05, 0.1) is 12.6 Å². The van der Waals surface area contributed by atoms with Crippen molar-refractivity contribution < 1.29 is 18.7 Å². The minimum Gasteiger partial charge on any atom is -0.490 e. The molecule has 0 saturated carbocycles. The zero-order chi connectivity index (χ0) is 16.7. The fourth-order valence-electron chi connectivity index (χ4n) is 2.11. The van der Waals surface area contributed by atoms with Crippen molar-refractivity contribution in [3.8, 4) is 11.5 Å². The van der Waals surface area contributed by atoms with Gasteiger partial charge in [0.15, 0.2) is 18.1 Å². The number of nitrogens with one attached hydrogen (secondary N) is 1. The molecular weight excluding hydrogens is 297 g/mol. The molecule has 1 N–H and O–H groups in total. The van der Waals surface area contributed by atoms with Gasteiger partial charge in [-0.15, -0.1) is 0 Å². The first-order chi connectivity index (χ1) is 11.1. The molecule has 1 atom stereocenters. The zero-order valence-electron chi connectivity index (χ0n) is 13.2. The first kappa shape index (κ1) is 16.8. The Balaban J connectivity index is 1.89. The van der Waals surface area contributed by atoms with Gasteiger partial charge in [0.2, 0.25) is 0 Å². The summed E-state index contributed by atoms with van der Waals surface area (Å²) in [5.41, 5.74) is 0.828. The number of hydrogen-bond donors (Lipinski definition) is 1. The molecule has 1 amide bonds. The average Bonchev–Trinajstić information content (AvgIpc) is 2.55. The van der Waals surface area contributed by atoms with Crippen molar-refractivity contribution in [1.82, 2.24) is 5.32 Å². The molecule has 2 aromatic rings. The highest BCUT2D eigenvalue weighted by Crippen LogP contribution is 2.26. The molecule has 5 heteroatoms. The van der Waals surface area contributed by atoms with Crippen LogP contribution in [0.5, 0.6) is 11.5 Å². The Bertz CT molecular complexity index is 643. The van der Waals surface area contributed by atoms with Gasteiger partial charge < -0.3 is 14.8 Å². The van der Waals surface area contributed by atoms with E-state index in [2.05, 4.69) is 5.32 Å². The minimum atomic E-state index is -0.303. The van der Waals surface area contributed by atoms with Gasteiger partial charge in [0.25, 0.3) is 5.91 Å². The molecule has 122 valence electrons. The summed E-state index contributed by atoms with van der Waals surface area (Å²) in [6.45, 7) is 4.12. The molecule has 4 nitrogen and oxygen atoms in total. The van der Waals surface area contributed by atoms with Crippen molar-refractivity contribution in [2.45, 2.75) is 19.9 Å². The van der Waals surface area contributed by atoms with Crippen LogP contribution in [0.15, 0.2) is 48.5 Å². The van der Waals surface area contributed by atoms with Crippen molar-refractivity contribution in [1.29, 1.82) is 0 Å². The topological polar surface area (TPSA) is 47.6 Å². The van der Waals surface area contributed by atoms with Crippen molar-refractivity contribution in [2.75, 3.05) is 13.2 Å². The maximum Gasteiger partial charge on any atom is 0.258 e. The molecule has 2 rings (SSSR count). The van der Waals surface area contributed by atoms with Gasteiger partial charge in [-0.25, -0.2) is 4.39 Å². The van der Waals surface area contributed by atoms with Crippen LogP contribution in [0.25, 0.3) is 0 Å². The molecule has 1 unspecified atom stereocenters. The normalized spacial score (nSPS) is 11.6. The van der Waals surface area contributed by atoms with Crippen LogP contribution in [-0.2, 0) is 4.79 Å². The number of hydrogen-bond acceptors (Lipinski definition) is 3. The highest BCUT2D eigenvalue weighted by atomic mass is 19.1. The molecule has 0 aliphatic heterocycles. The first-order valence-electron chi connectivity index (χ1n) is 7.49. The number of halogens is 1. The third kappa shape index (κ3) is 4.98. The van der Waals surface area contributed by atoms with E-state index in [-0.39, 0.29) is 24.4 Å². The lowest BCUT2D eigenvalue weighted by Crippen LogP contribution is -2.31. The molecule has 0 aromatic heterocycles. The van der Waals surface area contributed by atoms with E-state index in [0.717, 1.165) is 5.56 Å². The molecule has 2 aromatic carbocycles. The Kier molecular flexibility index (Phi) is 5.97. The Morgan fingerprint density at radius 2 is 1.70 bits per heavy atom. The number of carbonyl (C=O) groups excluding carboxylic acids is 1. The van der Waals surface area contributed by atoms with Crippen molar-refractivity contribution in [3.63, 3.8) is 0 Å². The molecule has 0 fully saturated rings. The molecular formula is C18H20FNO3. The summed E-state index contributed by atoms with van der Waals surface area (Å²) in [7, 11) is 0. The van der Waals surface area contributed by atoms with Gasteiger partial charge >= 0.3 is 0 Å². The highest BCUT2D eigenvalue weighted by Gasteiger charge is 2.11. The van der Waals surface area contributed by atoms with Gasteiger partial charge in [-0.1, -0.05) is 24.3 Å². The maximum atomic E-state index is 12.9. The molecule has 0 bridgehead atoms. The molecule has 0 heterocycles. The molecule has 0 aliphatic carbocycles. The van der Waals surface area contributed by atoms with E-state index in [4.69, 9.17) is 9.47 Å². The second kappa shape index (κ2) is 8.17. The van der Waals surface area contributed by atoms with Crippen molar-refractivity contribution >= 4 is 5.91 Å². The first-order valence-corrected chi connectivity index (χ1v) is 7.49. The second-order valence-electron chi connectivity index (χ2n) is 5.01. The van der Waals surface area contributed by atoms with E-state index in [0.29, 0.717) is 18.1 Å². The summed E-state index contributed by atoms with van der Waals surface area (Å²) in [5.74, 6) is 0.574. The quantitative estimate of drug-likeness (QED) is 0.850. The third-order valence-corrected chi connectivity index (χ3v) is 3.26. The Labute approximate surface area is 135 Å². The summed E-state index contributed by atoms with van der Waals surface area (Å²) < 4.78 is 23.9. The summed E-state index contributed by atoms with van der Waals surface area (Å²) in [5, 5.41) is 2.81. The second-order valence-corrected chi connectivity index (χ2v) is 5.01. The summed E-state index contributed by atoms with van der Waals surface area (Å²) >= 11 is 0. The lowest BCUT2D eigenvalue weighted by atomic mass is 10.1. The molecule has 0 radical (unpaired) electrons. The number of rotatable bonds is 7. The van der Waals surface area contributed by atoms with E-state index in [1.54, 1.807) is 24.3 Å². The van der Waals surface area contributed by atoms with Crippen molar-refractivity contribution in [2.24, 2.45) is 0 Å². The Morgan fingerprint density at radius 1 is 1.09 bits per heavy atom. The van der Waals surface area contributed by atoms with E-state index < -0.39 is 0 Å². The van der Waals surface area contributed by atoms with Gasteiger partial charge in [0, 0.05) is 0 Å². The van der Waals surface area contributed by atoms with Crippen LogP contribution >= 0.6 is 0 Å². The molecule has 23 heavy (non-hydrogen) atoms. The maximum absolute atomic E-state index is 12.9. The standard InChI is InChI=1S/C18H20FNO3/c1-3-22-16-6-4-5-7-17(16)23-12-18(21)20-13(2)14-8-10-15(19)11-9-14/h4-11,13H,3,12H2,1-2H3,(H,20,21). The largest absolute Gasteiger partial charge is 0.490 e. The monoisotopic (exact) mass is 317 g/mol. The van der Waals surface area contributed by atoms with Gasteiger partial charge in [-0.3, -0.25) is 4.79 Å². The SMILES string of the molecule is CCOc1ccccc1OCC(=O)NC(C)c1ccc(F)cc1. The van der Waals surface area contributed by atoms with Gasteiger partial charge in [0.1, 0.15) is 5.82 Å². The molecule has 0 aliphatic rings. The number of ether oxygens (including phenoxy) is 2. The summed E-state index contributed by atoms with van der Waals surface area (Å²) in [4.78, 5) is 12.0. The fourth-order valence-corrected chi connectivity index (χ4v) is 2.11. The zero-order valence-corrected chi connectivity index (χ0v) is 13.2. The minimum absolute atomic E-state index is 0.115. The van der Waals surface area contributed by atoms with Crippen LogP contribution in [0.4, 0.5) is 4.39 Å².